The van der Waals surface area contributed by atoms with Gasteiger partial charge in [-0.25, -0.2) is 4.98 Å². The molecule has 3 aromatic rings. The number of nitrogens with zero attached hydrogens (tertiary/aromatic N) is 2. The summed E-state index contributed by atoms with van der Waals surface area (Å²) in [5.74, 6) is 0.685. The number of benzene rings is 2. The number of aryl methyl sites for hydroxylation is 2. The first-order chi connectivity index (χ1) is 15.5. The minimum absolute atomic E-state index is 0.0814. The molecule has 1 heterocycles. The molecule has 0 bridgehead atoms. The van der Waals surface area contributed by atoms with E-state index in [1.165, 1.54) is 11.8 Å². The van der Waals surface area contributed by atoms with Crippen LogP contribution in [0.25, 0.3) is 11.3 Å². The minimum Gasteiger partial charge on any atom is -0.497 e. The van der Waals surface area contributed by atoms with E-state index in [9.17, 15) is 10.1 Å². The normalized spacial score (nSPS) is 11.5. The van der Waals surface area contributed by atoms with Crippen LogP contribution in [-0.2, 0) is 11.2 Å². The van der Waals surface area contributed by atoms with Crippen LogP contribution in [0.1, 0.15) is 37.0 Å². The number of pyridine rings is 1. The first kappa shape index (κ1) is 23.4. The number of ether oxygens (including phenoxy) is 1. The van der Waals surface area contributed by atoms with E-state index < -0.39 is 0 Å². The summed E-state index contributed by atoms with van der Waals surface area (Å²) < 4.78 is 5.22. The third-order valence-electron chi connectivity index (χ3n) is 5.27. The Morgan fingerprint density at radius 1 is 1.16 bits per heavy atom. The molecule has 1 N–H and O–H groups in total. The van der Waals surface area contributed by atoms with Crippen LogP contribution < -0.4 is 10.1 Å². The highest BCUT2D eigenvalue weighted by atomic mass is 32.2. The van der Waals surface area contributed by atoms with Crippen LogP contribution in [0.4, 0.5) is 5.69 Å². The zero-order chi connectivity index (χ0) is 23.1. The molecule has 164 valence electrons. The average molecular weight is 446 g/mol. The van der Waals surface area contributed by atoms with Gasteiger partial charge in [0.05, 0.1) is 23.6 Å². The first-order valence-corrected chi connectivity index (χ1v) is 11.5. The number of hydrogen-bond donors (Lipinski definition) is 1. The van der Waals surface area contributed by atoms with Crippen LogP contribution in [-0.4, -0.2) is 23.3 Å². The van der Waals surface area contributed by atoms with Gasteiger partial charge in [-0.05, 0) is 67.3 Å². The van der Waals surface area contributed by atoms with Crippen LogP contribution in [0, 0.1) is 18.3 Å². The van der Waals surface area contributed by atoms with E-state index >= 15 is 0 Å². The Morgan fingerprint density at radius 3 is 2.53 bits per heavy atom. The third kappa shape index (κ3) is 5.30. The van der Waals surface area contributed by atoms with Crippen LogP contribution in [0.5, 0.6) is 5.75 Å². The molecule has 32 heavy (non-hydrogen) atoms. The largest absolute Gasteiger partial charge is 0.497 e. The fourth-order valence-corrected chi connectivity index (χ4v) is 4.39. The third-order valence-corrected chi connectivity index (χ3v) is 6.64. The maximum absolute atomic E-state index is 13.1. The van der Waals surface area contributed by atoms with E-state index in [0.29, 0.717) is 17.0 Å². The predicted octanol–water partition coefficient (Wildman–Crippen LogP) is 6.01. The van der Waals surface area contributed by atoms with Gasteiger partial charge in [0.1, 0.15) is 16.8 Å². The number of nitrogens with one attached hydrogen (secondary N) is 1. The molecule has 0 saturated carbocycles. The van der Waals surface area contributed by atoms with Crippen molar-refractivity contribution in [2.45, 2.75) is 43.9 Å². The molecule has 0 fully saturated rings. The summed E-state index contributed by atoms with van der Waals surface area (Å²) in [6.45, 7) is 6.04. The lowest BCUT2D eigenvalue weighted by molar-refractivity contribution is -0.115. The van der Waals surface area contributed by atoms with Crippen LogP contribution in [0.15, 0.2) is 59.6 Å². The van der Waals surface area contributed by atoms with Gasteiger partial charge in [-0.2, -0.15) is 5.26 Å². The number of amides is 1. The van der Waals surface area contributed by atoms with E-state index in [0.717, 1.165) is 40.2 Å². The number of hydrogen-bond acceptors (Lipinski definition) is 5. The monoisotopic (exact) mass is 445 g/mol. The standard InChI is InChI=1S/C26H27N3O2S/c1-5-18-9-7-8-17(3)24(18)29-25(30)23(6-2)32-26-20(16-27)12-15-22(28-26)19-10-13-21(31-4)14-11-19/h7-15,23H,5-6H2,1-4H3,(H,29,30). The Hall–Kier alpha value is -3.30. The van der Waals surface area contributed by atoms with Crippen molar-refractivity contribution in [3.05, 3.63) is 71.3 Å². The van der Waals surface area contributed by atoms with Crippen molar-refractivity contribution in [3.63, 3.8) is 0 Å². The second-order valence-electron chi connectivity index (χ2n) is 7.36. The predicted molar refractivity (Wildman–Crippen MR) is 130 cm³/mol. The molecule has 6 heteroatoms. The summed E-state index contributed by atoms with van der Waals surface area (Å²) in [7, 11) is 1.63. The number of rotatable bonds is 8. The van der Waals surface area contributed by atoms with Crippen LogP contribution in [0.2, 0.25) is 0 Å². The molecule has 0 aliphatic carbocycles. The minimum atomic E-state index is -0.370. The smallest absolute Gasteiger partial charge is 0.237 e. The molecule has 2 aromatic carbocycles. The lowest BCUT2D eigenvalue weighted by atomic mass is 10.1. The van der Waals surface area contributed by atoms with Crippen molar-refractivity contribution in [1.82, 2.24) is 4.98 Å². The molecule has 5 nitrogen and oxygen atoms in total. The van der Waals surface area contributed by atoms with Gasteiger partial charge in [-0.3, -0.25) is 4.79 Å². The lowest BCUT2D eigenvalue weighted by Gasteiger charge is -2.18. The van der Waals surface area contributed by atoms with E-state index in [2.05, 4.69) is 18.3 Å². The molecule has 0 saturated heterocycles. The lowest BCUT2D eigenvalue weighted by Crippen LogP contribution is -2.25. The zero-order valence-electron chi connectivity index (χ0n) is 18.8. The van der Waals surface area contributed by atoms with Crippen molar-refractivity contribution < 1.29 is 9.53 Å². The van der Waals surface area contributed by atoms with Gasteiger partial charge in [0.25, 0.3) is 0 Å². The second kappa shape index (κ2) is 10.8. The SMILES string of the molecule is CCc1cccc(C)c1NC(=O)C(CC)Sc1nc(-c2ccc(OC)cc2)ccc1C#N. The molecule has 1 atom stereocenters. The molecule has 0 aliphatic heterocycles. The summed E-state index contributed by atoms with van der Waals surface area (Å²) in [5, 5.41) is 12.9. The Balaban J connectivity index is 1.86. The Labute approximate surface area is 193 Å². The zero-order valence-corrected chi connectivity index (χ0v) is 19.6. The second-order valence-corrected chi connectivity index (χ2v) is 8.55. The highest BCUT2D eigenvalue weighted by Gasteiger charge is 2.22. The van der Waals surface area contributed by atoms with Gasteiger partial charge >= 0.3 is 0 Å². The number of methoxy groups -OCH3 is 1. The first-order valence-electron chi connectivity index (χ1n) is 10.6. The molecule has 0 radical (unpaired) electrons. The fraction of sp³-hybridized carbons (Fsp3) is 0.269. The van der Waals surface area contributed by atoms with Gasteiger partial charge in [-0.15, -0.1) is 0 Å². The van der Waals surface area contributed by atoms with Crippen molar-refractivity contribution >= 4 is 23.4 Å². The Morgan fingerprint density at radius 2 is 1.91 bits per heavy atom. The van der Waals surface area contributed by atoms with Gasteiger partial charge in [0.15, 0.2) is 0 Å². The molecule has 3 rings (SSSR count). The number of nitriles is 1. The van der Waals surface area contributed by atoms with Crippen molar-refractivity contribution in [2.24, 2.45) is 0 Å². The van der Waals surface area contributed by atoms with Crippen LogP contribution >= 0.6 is 11.8 Å². The topological polar surface area (TPSA) is 75.0 Å². The van der Waals surface area contributed by atoms with Gasteiger partial charge in [0.2, 0.25) is 5.91 Å². The molecule has 0 aliphatic rings. The van der Waals surface area contributed by atoms with Gasteiger partial charge in [0, 0.05) is 11.3 Å². The Kier molecular flexibility index (Phi) is 7.91. The molecule has 1 amide bonds. The van der Waals surface area contributed by atoms with Gasteiger partial charge < -0.3 is 10.1 Å². The highest BCUT2D eigenvalue weighted by Crippen LogP contribution is 2.31. The Bertz CT molecular complexity index is 1140. The molecular formula is C26H27N3O2S. The summed E-state index contributed by atoms with van der Waals surface area (Å²) >= 11 is 1.33. The van der Waals surface area contributed by atoms with Crippen molar-refractivity contribution in [2.75, 3.05) is 12.4 Å². The maximum Gasteiger partial charge on any atom is 0.237 e. The number of thioether (sulfide) groups is 1. The van der Waals surface area contributed by atoms with E-state index in [4.69, 9.17) is 9.72 Å². The summed E-state index contributed by atoms with van der Waals surface area (Å²) in [5.41, 5.74) is 5.15. The molecule has 1 aromatic heterocycles. The van der Waals surface area contributed by atoms with E-state index in [1.54, 1.807) is 13.2 Å². The molecule has 1 unspecified atom stereocenters. The number of anilines is 1. The number of aromatic nitrogens is 1. The number of para-hydroxylation sites is 1. The van der Waals surface area contributed by atoms with Crippen LogP contribution in [0.3, 0.4) is 0 Å². The fourth-order valence-electron chi connectivity index (χ4n) is 3.40. The summed E-state index contributed by atoms with van der Waals surface area (Å²) in [6, 6.07) is 19.4. The average Bonchev–Trinajstić information content (AvgIpc) is 2.83. The summed E-state index contributed by atoms with van der Waals surface area (Å²) in [6.07, 6.45) is 1.45. The van der Waals surface area contributed by atoms with Gasteiger partial charge in [-0.1, -0.05) is 43.8 Å². The number of carbonyl (C=O) groups excluding carboxylic acids is 1. The van der Waals surface area contributed by atoms with E-state index in [-0.39, 0.29) is 11.2 Å². The molecular weight excluding hydrogens is 418 g/mol. The van der Waals surface area contributed by atoms with Crippen molar-refractivity contribution in [3.8, 4) is 23.1 Å². The maximum atomic E-state index is 13.1. The number of carbonyl (C=O) groups is 1. The summed E-state index contributed by atoms with van der Waals surface area (Å²) in [4.78, 5) is 17.9. The van der Waals surface area contributed by atoms with Crippen molar-refractivity contribution in [1.29, 1.82) is 5.26 Å². The quantitative estimate of drug-likeness (QED) is 0.430. The highest BCUT2D eigenvalue weighted by molar-refractivity contribution is 8.00. The van der Waals surface area contributed by atoms with E-state index in [1.807, 2.05) is 62.4 Å². The molecule has 0 spiro atoms.